The zero-order chi connectivity index (χ0) is 20.1. The van der Waals surface area contributed by atoms with Gasteiger partial charge in [-0.2, -0.15) is 0 Å². The van der Waals surface area contributed by atoms with Gasteiger partial charge in [0, 0.05) is 6.54 Å². The van der Waals surface area contributed by atoms with Gasteiger partial charge in [-0.05, 0) is 60.3 Å². The van der Waals surface area contributed by atoms with E-state index >= 15 is 0 Å². The Morgan fingerprint density at radius 2 is 1.65 bits per heavy atom. The molecule has 0 aliphatic carbocycles. The number of nitrogens with two attached hydrogens (primary N) is 1. The normalized spacial score (nSPS) is 12.8. The van der Waals surface area contributed by atoms with Crippen molar-refractivity contribution in [2.45, 2.75) is 72.8 Å². The molecule has 0 saturated carbocycles. The second kappa shape index (κ2) is 9.06. The SMILES string of the molecule is Cc1cc(C(C)(C)C)cc(C)c1CCNC(=O)[C@H](CC(C)C)NC(N)=O. The van der Waals surface area contributed by atoms with Gasteiger partial charge >= 0.3 is 6.03 Å². The maximum absolute atomic E-state index is 12.4. The molecule has 1 aromatic rings. The molecule has 1 atom stereocenters. The molecule has 0 saturated heterocycles. The highest BCUT2D eigenvalue weighted by Gasteiger charge is 2.21. The van der Waals surface area contributed by atoms with E-state index in [-0.39, 0.29) is 17.2 Å². The Hall–Kier alpha value is -2.04. The number of aryl methyl sites for hydroxylation is 2. The third kappa shape index (κ3) is 6.70. The number of benzene rings is 1. The van der Waals surface area contributed by atoms with Crippen molar-refractivity contribution in [1.29, 1.82) is 0 Å². The molecule has 0 fully saturated rings. The first kappa shape index (κ1) is 22.0. The number of carbonyl (C=O) groups excluding carboxylic acids is 2. The second-order valence-corrected chi connectivity index (χ2v) is 8.57. The molecule has 26 heavy (non-hydrogen) atoms. The fraction of sp³-hybridized carbons (Fsp3) is 0.619. The van der Waals surface area contributed by atoms with Crippen LogP contribution in [0.4, 0.5) is 4.79 Å². The fourth-order valence-corrected chi connectivity index (χ4v) is 3.13. The van der Waals surface area contributed by atoms with Gasteiger partial charge in [0.2, 0.25) is 5.91 Å². The molecule has 4 N–H and O–H groups in total. The van der Waals surface area contributed by atoms with Crippen LogP contribution in [0.1, 0.15) is 63.3 Å². The summed E-state index contributed by atoms with van der Waals surface area (Å²) in [5.74, 6) is 0.103. The number of rotatable bonds is 7. The summed E-state index contributed by atoms with van der Waals surface area (Å²) in [4.78, 5) is 23.5. The number of hydrogen-bond donors (Lipinski definition) is 3. The molecule has 0 radical (unpaired) electrons. The highest BCUT2D eigenvalue weighted by molar-refractivity contribution is 5.86. The van der Waals surface area contributed by atoms with Crippen molar-refractivity contribution >= 4 is 11.9 Å². The Kier molecular flexibility index (Phi) is 7.67. The van der Waals surface area contributed by atoms with Crippen molar-refractivity contribution in [2.24, 2.45) is 11.7 Å². The number of hydrogen-bond acceptors (Lipinski definition) is 2. The minimum Gasteiger partial charge on any atom is -0.354 e. The minimum atomic E-state index is -0.671. The van der Waals surface area contributed by atoms with E-state index in [0.717, 1.165) is 6.42 Å². The van der Waals surface area contributed by atoms with Crippen molar-refractivity contribution < 1.29 is 9.59 Å². The lowest BCUT2D eigenvalue weighted by atomic mass is 9.83. The summed E-state index contributed by atoms with van der Waals surface area (Å²) in [5, 5.41) is 5.47. The van der Waals surface area contributed by atoms with Crippen LogP contribution < -0.4 is 16.4 Å². The fourth-order valence-electron chi connectivity index (χ4n) is 3.13. The molecule has 5 nitrogen and oxygen atoms in total. The zero-order valence-electron chi connectivity index (χ0n) is 17.3. The van der Waals surface area contributed by atoms with Crippen molar-refractivity contribution in [1.82, 2.24) is 10.6 Å². The predicted octanol–water partition coefficient (Wildman–Crippen LogP) is 3.34. The molecule has 0 aliphatic heterocycles. The number of primary amides is 1. The summed E-state index contributed by atoms with van der Waals surface area (Å²) >= 11 is 0. The first-order valence-corrected chi connectivity index (χ1v) is 9.36. The van der Waals surface area contributed by atoms with Gasteiger partial charge in [0.1, 0.15) is 6.04 Å². The number of urea groups is 1. The van der Waals surface area contributed by atoms with Crippen LogP contribution in [-0.4, -0.2) is 24.5 Å². The van der Waals surface area contributed by atoms with Crippen molar-refractivity contribution in [3.05, 3.63) is 34.4 Å². The van der Waals surface area contributed by atoms with E-state index in [4.69, 9.17) is 5.73 Å². The summed E-state index contributed by atoms with van der Waals surface area (Å²) < 4.78 is 0. The van der Waals surface area contributed by atoms with Crippen molar-refractivity contribution in [3.8, 4) is 0 Å². The molecule has 146 valence electrons. The Labute approximate surface area is 158 Å². The van der Waals surface area contributed by atoms with Gasteiger partial charge in [-0.1, -0.05) is 46.8 Å². The number of amides is 3. The van der Waals surface area contributed by atoms with Gasteiger partial charge in [-0.15, -0.1) is 0 Å². The van der Waals surface area contributed by atoms with Gasteiger partial charge in [0.15, 0.2) is 0 Å². The minimum absolute atomic E-state index is 0.118. The van der Waals surface area contributed by atoms with Crippen LogP contribution in [-0.2, 0) is 16.6 Å². The maximum Gasteiger partial charge on any atom is 0.312 e. The summed E-state index contributed by atoms with van der Waals surface area (Å²) in [6.45, 7) is 15.4. The molecule has 3 amide bonds. The lowest BCUT2D eigenvalue weighted by molar-refractivity contribution is -0.123. The van der Waals surface area contributed by atoms with Gasteiger partial charge in [0.05, 0.1) is 0 Å². The van der Waals surface area contributed by atoms with E-state index in [1.54, 1.807) is 0 Å². The van der Waals surface area contributed by atoms with E-state index in [1.807, 2.05) is 13.8 Å². The Balaban J connectivity index is 2.74. The average molecular weight is 362 g/mol. The average Bonchev–Trinajstić information content (AvgIpc) is 2.47. The molecule has 0 heterocycles. The van der Waals surface area contributed by atoms with Crippen LogP contribution in [0, 0.1) is 19.8 Å². The van der Waals surface area contributed by atoms with E-state index in [1.165, 1.54) is 22.3 Å². The summed E-state index contributed by atoms with van der Waals surface area (Å²) in [7, 11) is 0. The highest BCUT2D eigenvalue weighted by atomic mass is 16.2. The Morgan fingerprint density at radius 1 is 1.12 bits per heavy atom. The summed E-state index contributed by atoms with van der Waals surface area (Å²) in [6.07, 6.45) is 1.33. The van der Waals surface area contributed by atoms with Gasteiger partial charge < -0.3 is 16.4 Å². The molecule has 1 aromatic carbocycles. The third-order valence-electron chi connectivity index (χ3n) is 4.58. The molecular weight excluding hydrogens is 326 g/mol. The van der Waals surface area contributed by atoms with E-state index in [9.17, 15) is 9.59 Å². The molecule has 0 unspecified atom stereocenters. The quantitative estimate of drug-likeness (QED) is 0.696. The standard InChI is InChI=1S/C21H35N3O2/c1-13(2)10-18(24-20(22)26)19(25)23-9-8-17-14(3)11-16(12-15(17)4)21(5,6)7/h11-13,18H,8-10H2,1-7H3,(H,23,25)(H3,22,24,26)/t18-/m0/s1. The monoisotopic (exact) mass is 361 g/mol. The maximum atomic E-state index is 12.4. The van der Waals surface area contributed by atoms with Gasteiger partial charge in [-0.3, -0.25) is 4.79 Å². The molecule has 5 heteroatoms. The lowest BCUT2D eigenvalue weighted by Crippen LogP contribution is -2.49. The molecule has 0 aromatic heterocycles. The molecule has 0 aliphatic rings. The summed E-state index contributed by atoms with van der Waals surface area (Å²) in [6, 6.07) is 3.22. The molecular formula is C21H35N3O2. The van der Waals surface area contributed by atoms with Crippen LogP contribution in [0.2, 0.25) is 0 Å². The second-order valence-electron chi connectivity index (χ2n) is 8.57. The Bertz CT molecular complexity index is 622. The Morgan fingerprint density at radius 3 is 2.08 bits per heavy atom. The number of nitrogens with one attached hydrogen (secondary N) is 2. The van der Waals surface area contributed by atoms with Gasteiger partial charge in [0.25, 0.3) is 0 Å². The highest BCUT2D eigenvalue weighted by Crippen LogP contribution is 2.27. The smallest absolute Gasteiger partial charge is 0.312 e. The topological polar surface area (TPSA) is 84.2 Å². The molecule has 0 bridgehead atoms. The largest absolute Gasteiger partial charge is 0.354 e. The lowest BCUT2D eigenvalue weighted by Gasteiger charge is -2.23. The molecule has 1 rings (SSSR count). The van der Waals surface area contributed by atoms with E-state index in [0.29, 0.717) is 13.0 Å². The summed E-state index contributed by atoms with van der Waals surface area (Å²) in [5.41, 5.74) is 10.4. The van der Waals surface area contributed by atoms with E-state index < -0.39 is 12.1 Å². The predicted molar refractivity (Wildman–Crippen MR) is 107 cm³/mol. The van der Waals surface area contributed by atoms with Crippen molar-refractivity contribution in [3.63, 3.8) is 0 Å². The first-order valence-electron chi connectivity index (χ1n) is 9.36. The first-order chi connectivity index (χ1) is 11.9. The van der Waals surface area contributed by atoms with Crippen LogP contribution in [0.15, 0.2) is 12.1 Å². The molecule has 0 spiro atoms. The van der Waals surface area contributed by atoms with Crippen LogP contribution in [0.5, 0.6) is 0 Å². The van der Waals surface area contributed by atoms with Crippen LogP contribution >= 0.6 is 0 Å². The third-order valence-corrected chi connectivity index (χ3v) is 4.58. The van der Waals surface area contributed by atoms with Crippen LogP contribution in [0.3, 0.4) is 0 Å². The van der Waals surface area contributed by atoms with E-state index in [2.05, 4.69) is 57.4 Å². The zero-order valence-corrected chi connectivity index (χ0v) is 17.3. The van der Waals surface area contributed by atoms with Crippen molar-refractivity contribution in [2.75, 3.05) is 6.54 Å². The van der Waals surface area contributed by atoms with Gasteiger partial charge in [-0.25, -0.2) is 4.79 Å². The number of carbonyl (C=O) groups is 2. The van der Waals surface area contributed by atoms with Crippen LogP contribution in [0.25, 0.3) is 0 Å².